The summed E-state index contributed by atoms with van der Waals surface area (Å²) in [5.74, 6) is 0.936. The minimum absolute atomic E-state index is 0.212. The molecule has 0 fully saturated rings. The normalized spacial score (nSPS) is 11.0. The fourth-order valence-electron chi connectivity index (χ4n) is 2.97. The molecule has 0 unspecified atom stereocenters. The summed E-state index contributed by atoms with van der Waals surface area (Å²) in [4.78, 5) is 21.6. The average molecular weight is 346 g/mol. The zero-order chi connectivity index (χ0) is 18.3. The molecule has 4 rings (SSSR count). The number of oxazole rings is 1. The van der Waals surface area contributed by atoms with Crippen molar-refractivity contribution >= 4 is 17.4 Å². The Balaban J connectivity index is 1.85. The first-order chi connectivity index (χ1) is 12.5. The van der Waals surface area contributed by atoms with Crippen LogP contribution in [0.1, 0.15) is 27.7 Å². The number of nitrogens with one attached hydrogen (secondary N) is 1. The number of hydrogen-bond acceptors (Lipinski definition) is 4. The number of fused-ring (bicyclic) bond motifs is 1. The SMILES string of the molecule is Cc1ccc2nc(-c3ccccc3)c(NC(=O)c3oc(C)nc3C)n2c1. The Kier molecular flexibility index (Phi) is 3.80. The molecule has 26 heavy (non-hydrogen) atoms. The molecule has 0 saturated carbocycles. The van der Waals surface area contributed by atoms with Gasteiger partial charge in [-0.2, -0.15) is 0 Å². The molecule has 0 saturated heterocycles. The van der Waals surface area contributed by atoms with Crippen molar-refractivity contribution in [1.29, 1.82) is 0 Å². The predicted molar refractivity (Wildman–Crippen MR) is 99.3 cm³/mol. The van der Waals surface area contributed by atoms with Crippen molar-refractivity contribution in [2.75, 3.05) is 5.32 Å². The number of nitrogens with zero attached hydrogens (tertiary/aromatic N) is 3. The van der Waals surface area contributed by atoms with Crippen LogP contribution in [0.4, 0.5) is 5.82 Å². The number of aryl methyl sites for hydroxylation is 3. The van der Waals surface area contributed by atoms with Crippen molar-refractivity contribution in [3.63, 3.8) is 0 Å². The molecule has 6 nitrogen and oxygen atoms in total. The van der Waals surface area contributed by atoms with Gasteiger partial charge in [0.2, 0.25) is 5.76 Å². The summed E-state index contributed by atoms with van der Waals surface area (Å²) in [5.41, 5.74) is 4.02. The molecule has 0 atom stereocenters. The summed E-state index contributed by atoms with van der Waals surface area (Å²) < 4.78 is 7.34. The molecule has 0 aliphatic rings. The van der Waals surface area contributed by atoms with Crippen LogP contribution in [0.2, 0.25) is 0 Å². The first kappa shape index (κ1) is 16.1. The van der Waals surface area contributed by atoms with E-state index < -0.39 is 0 Å². The van der Waals surface area contributed by atoms with E-state index in [0.29, 0.717) is 23.1 Å². The Morgan fingerprint density at radius 3 is 2.50 bits per heavy atom. The molecule has 0 aliphatic heterocycles. The Labute approximate surface area is 150 Å². The van der Waals surface area contributed by atoms with Gasteiger partial charge in [-0.1, -0.05) is 36.4 Å². The highest BCUT2D eigenvalue weighted by Gasteiger charge is 2.21. The highest BCUT2D eigenvalue weighted by molar-refractivity contribution is 6.04. The minimum Gasteiger partial charge on any atom is -0.436 e. The van der Waals surface area contributed by atoms with Crippen LogP contribution in [0, 0.1) is 20.8 Å². The summed E-state index contributed by atoms with van der Waals surface area (Å²) in [7, 11) is 0. The van der Waals surface area contributed by atoms with E-state index in [4.69, 9.17) is 9.40 Å². The van der Waals surface area contributed by atoms with Gasteiger partial charge in [-0.15, -0.1) is 0 Å². The number of aromatic nitrogens is 3. The lowest BCUT2D eigenvalue weighted by Crippen LogP contribution is -2.14. The lowest BCUT2D eigenvalue weighted by molar-refractivity contribution is 0.0994. The van der Waals surface area contributed by atoms with E-state index in [9.17, 15) is 4.79 Å². The molecule has 0 radical (unpaired) electrons. The van der Waals surface area contributed by atoms with Gasteiger partial charge < -0.3 is 9.73 Å². The Bertz CT molecular complexity index is 1110. The van der Waals surface area contributed by atoms with Crippen LogP contribution in [-0.4, -0.2) is 20.3 Å². The predicted octanol–water partition coefficient (Wildman–Crippen LogP) is 4.17. The minimum atomic E-state index is -0.344. The molecule has 0 aliphatic carbocycles. The van der Waals surface area contributed by atoms with Crippen LogP contribution in [0.5, 0.6) is 0 Å². The monoisotopic (exact) mass is 346 g/mol. The second-order valence-corrected chi connectivity index (χ2v) is 6.21. The molecule has 1 N–H and O–H groups in total. The smallest absolute Gasteiger partial charge is 0.294 e. The van der Waals surface area contributed by atoms with Gasteiger partial charge in [-0.05, 0) is 25.5 Å². The summed E-state index contributed by atoms with van der Waals surface area (Å²) in [6.07, 6.45) is 1.95. The molecule has 130 valence electrons. The quantitative estimate of drug-likeness (QED) is 0.604. The van der Waals surface area contributed by atoms with E-state index in [1.807, 2.05) is 60.0 Å². The highest BCUT2D eigenvalue weighted by atomic mass is 16.4. The van der Waals surface area contributed by atoms with E-state index in [2.05, 4.69) is 10.3 Å². The van der Waals surface area contributed by atoms with Crippen LogP contribution in [0.25, 0.3) is 16.9 Å². The molecule has 6 heteroatoms. The fraction of sp³-hybridized carbons (Fsp3) is 0.150. The number of anilines is 1. The molecule has 4 aromatic rings. The van der Waals surface area contributed by atoms with E-state index in [1.54, 1.807) is 13.8 Å². The number of benzene rings is 1. The van der Waals surface area contributed by atoms with E-state index in [1.165, 1.54) is 0 Å². The van der Waals surface area contributed by atoms with Crippen LogP contribution < -0.4 is 5.32 Å². The van der Waals surface area contributed by atoms with Crippen molar-refractivity contribution in [3.05, 3.63) is 71.6 Å². The van der Waals surface area contributed by atoms with Crippen molar-refractivity contribution in [3.8, 4) is 11.3 Å². The van der Waals surface area contributed by atoms with Crippen LogP contribution in [0.15, 0.2) is 53.1 Å². The van der Waals surface area contributed by atoms with Crippen LogP contribution >= 0.6 is 0 Å². The third-order valence-electron chi connectivity index (χ3n) is 4.16. The highest BCUT2D eigenvalue weighted by Crippen LogP contribution is 2.29. The van der Waals surface area contributed by atoms with Crippen molar-refractivity contribution in [2.24, 2.45) is 0 Å². The third-order valence-corrected chi connectivity index (χ3v) is 4.16. The third kappa shape index (κ3) is 2.75. The van der Waals surface area contributed by atoms with Crippen LogP contribution in [-0.2, 0) is 0 Å². The Morgan fingerprint density at radius 1 is 1.04 bits per heavy atom. The van der Waals surface area contributed by atoms with Crippen molar-refractivity contribution in [2.45, 2.75) is 20.8 Å². The number of carbonyl (C=O) groups excluding carboxylic acids is 1. The van der Waals surface area contributed by atoms with Crippen LogP contribution in [0.3, 0.4) is 0 Å². The first-order valence-corrected chi connectivity index (χ1v) is 8.32. The first-order valence-electron chi connectivity index (χ1n) is 8.32. The molecule has 1 aromatic carbocycles. The van der Waals surface area contributed by atoms with E-state index in [-0.39, 0.29) is 11.7 Å². The standard InChI is InChI=1S/C20H18N4O2/c1-12-9-10-16-22-17(15-7-5-4-6-8-15)19(24(16)11-12)23-20(25)18-13(2)21-14(3)26-18/h4-11H,1-3H3,(H,23,25). The molecule has 3 aromatic heterocycles. The number of imidazole rings is 1. The lowest BCUT2D eigenvalue weighted by atomic mass is 10.1. The maximum Gasteiger partial charge on any atom is 0.294 e. The summed E-state index contributed by atoms with van der Waals surface area (Å²) in [5, 5.41) is 2.96. The number of hydrogen-bond donors (Lipinski definition) is 1. The lowest BCUT2D eigenvalue weighted by Gasteiger charge is -2.07. The van der Waals surface area contributed by atoms with Gasteiger partial charge in [0.25, 0.3) is 5.91 Å². The van der Waals surface area contributed by atoms with Gasteiger partial charge in [0.1, 0.15) is 17.2 Å². The average Bonchev–Trinajstić information content (AvgIpc) is 3.15. The van der Waals surface area contributed by atoms with Gasteiger partial charge in [0.05, 0.1) is 5.69 Å². The molecule has 0 spiro atoms. The van der Waals surface area contributed by atoms with Gasteiger partial charge >= 0.3 is 0 Å². The number of carbonyl (C=O) groups is 1. The summed E-state index contributed by atoms with van der Waals surface area (Å²) >= 11 is 0. The summed E-state index contributed by atoms with van der Waals surface area (Å²) in [6, 6.07) is 13.7. The van der Waals surface area contributed by atoms with Gasteiger partial charge in [-0.25, -0.2) is 9.97 Å². The van der Waals surface area contributed by atoms with Crippen molar-refractivity contribution < 1.29 is 9.21 Å². The topological polar surface area (TPSA) is 72.4 Å². The second-order valence-electron chi connectivity index (χ2n) is 6.21. The van der Waals surface area contributed by atoms with Gasteiger partial charge in [0, 0.05) is 18.7 Å². The van der Waals surface area contributed by atoms with E-state index in [0.717, 1.165) is 16.8 Å². The maximum absolute atomic E-state index is 12.8. The van der Waals surface area contributed by atoms with Crippen molar-refractivity contribution in [1.82, 2.24) is 14.4 Å². The second kappa shape index (κ2) is 6.15. The molecule has 3 heterocycles. The molecule has 1 amide bonds. The molecule has 0 bridgehead atoms. The van der Waals surface area contributed by atoms with Gasteiger partial charge in [0.15, 0.2) is 5.89 Å². The zero-order valence-electron chi connectivity index (χ0n) is 14.8. The number of pyridine rings is 1. The maximum atomic E-state index is 12.8. The Morgan fingerprint density at radius 2 is 1.81 bits per heavy atom. The fourth-order valence-corrected chi connectivity index (χ4v) is 2.97. The summed E-state index contributed by atoms with van der Waals surface area (Å²) in [6.45, 7) is 5.47. The molecular formula is C20H18N4O2. The van der Waals surface area contributed by atoms with E-state index >= 15 is 0 Å². The zero-order valence-corrected chi connectivity index (χ0v) is 14.8. The largest absolute Gasteiger partial charge is 0.436 e. The number of amides is 1. The number of rotatable bonds is 3. The Hall–Kier alpha value is -3.41. The molecular weight excluding hydrogens is 328 g/mol. The van der Waals surface area contributed by atoms with Gasteiger partial charge in [-0.3, -0.25) is 9.20 Å².